The van der Waals surface area contributed by atoms with Crippen molar-refractivity contribution >= 4 is 23.5 Å². The first kappa shape index (κ1) is 27.3. The van der Waals surface area contributed by atoms with E-state index in [9.17, 15) is 37.4 Å². The number of hydrogen-bond acceptors (Lipinski definition) is 5. The maximum atomic E-state index is 14.2. The Morgan fingerprint density at radius 2 is 1.88 bits per heavy atom. The van der Waals surface area contributed by atoms with Crippen LogP contribution in [0.3, 0.4) is 0 Å². The van der Waals surface area contributed by atoms with E-state index in [1.54, 1.807) is 0 Å². The van der Waals surface area contributed by atoms with Gasteiger partial charge in [0.15, 0.2) is 0 Å². The van der Waals surface area contributed by atoms with Crippen molar-refractivity contribution in [2.45, 2.75) is 44.4 Å². The van der Waals surface area contributed by atoms with Crippen molar-refractivity contribution in [2.24, 2.45) is 16.6 Å². The molecule has 0 amide bonds. The molecule has 0 saturated carbocycles. The fraction of sp³-hybridized carbons (Fsp3) is 0.619. The Morgan fingerprint density at radius 1 is 1.24 bits per heavy atom. The highest BCUT2D eigenvalue weighted by Gasteiger charge is 2.67. The normalized spacial score (nSPS) is 30.2. The van der Waals surface area contributed by atoms with Gasteiger partial charge in [0, 0.05) is 18.5 Å². The Labute approximate surface area is 193 Å². The fourth-order valence-electron chi connectivity index (χ4n) is 4.93. The third-order valence-corrected chi connectivity index (χ3v) is 7.07. The molecule has 1 aliphatic heterocycles. The zero-order valence-electron chi connectivity index (χ0n) is 18.1. The largest absolute Gasteiger partial charge is 0.481 e. The fourth-order valence-corrected chi connectivity index (χ4v) is 5.27. The third kappa shape index (κ3) is 4.55. The minimum Gasteiger partial charge on any atom is -0.481 e. The number of carboxylic acid groups (broad SMARTS) is 2. The van der Waals surface area contributed by atoms with E-state index in [0.717, 1.165) is 19.1 Å². The van der Waals surface area contributed by atoms with Gasteiger partial charge in [-0.15, -0.1) is 0 Å². The maximum Gasteiger partial charge on any atom is 0.417 e. The van der Waals surface area contributed by atoms with Gasteiger partial charge >= 0.3 is 18.1 Å². The second-order valence-electron chi connectivity index (χ2n) is 8.22. The zero-order chi connectivity index (χ0) is 25.2. The lowest BCUT2D eigenvalue weighted by Crippen LogP contribution is -2.71. The van der Waals surface area contributed by atoms with Crippen LogP contribution < -0.4 is 11.1 Å². The molecule has 2 rings (SSSR count). The number of carboxylic acids is 2. The van der Waals surface area contributed by atoms with E-state index in [2.05, 4.69) is 5.32 Å². The van der Waals surface area contributed by atoms with Crippen LogP contribution in [-0.2, 0) is 20.5 Å². The van der Waals surface area contributed by atoms with Crippen molar-refractivity contribution in [3.8, 4) is 0 Å². The van der Waals surface area contributed by atoms with Crippen LogP contribution in [0.5, 0.6) is 0 Å². The van der Waals surface area contributed by atoms with Crippen LogP contribution in [-0.4, -0.2) is 60.7 Å². The number of nitrogens with two attached hydrogens (primary N) is 1. The molecule has 1 aromatic carbocycles. The van der Waals surface area contributed by atoms with Gasteiger partial charge in [0.25, 0.3) is 0 Å². The molecule has 12 heteroatoms. The molecule has 1 saturated heterocycles. The van der Waals surface area contributed by atoms with Crippen molar-refractivity contribution in [1.82, 2.24) is 5.32 Å². The Bertz CT molecular complexity index is 887. The highest BCUT2D eigenvalue weighted by atomic mass is 35.5. The summed E-state index contributed by atoms with van der Waals surface area (Å²) in [5.41, 5.74) is -0.321. The topological polar surface area (TPSA) is 122 Å². The molecule has 0 spiro atoms. The molecule has 7 nitrogen and oxygen atoms in total. The Hall–Kier alpha value is -1.95. The number of ether oxygens (including phenoxy) is 1. The van der Waals surface area contributed by atoms with E-state index in [1.807, 2.05) is 0 Å². The lowest BCUT2D eigenvalue weighted by Gasteiger charge is -2.56. The Kier molecular flexibility index (Phi) is 8.37. The molecule has 0 aromatic heterocycles. The number of rotatable bonds is 9. The SMILES string of the molecule is CCC1(C(=O)O)C(COCCN)NC(CF)C(C)(C(=O)O)C1c1cccc(C(F)(F)F)c1Cl. The van der Waals surface area contributed by atoms with Gasteiger partial charge < -0.3 is 26.0 Å². The van der Waals surface area contributed by atoms with E-state index in [0.29, 0.717) is 6.07 Å². The summed E-state index contributed by atoms with van der Waals surface area (Å²) in [4.78, 5) is 25.3. The summed E-state index contributed by atoms with van der Waals surface area (Å²) in [6.07, 6.45) is -5.08. The van der Waals surface area contributed by atoms with Crippen molar-refractivity contribution in [1.29, 1.82) is 0 Å². The first-order valence-corrected chi connectivity index (χ1v) is 10.6. The average Bonchev–Trinajstić information content (AvgIpc) is 2.73. The van der Waals surface area contributed by atoms with Crippen LogP contribution in [0, 0.1) is 10.8 Å². The van der Waals surface area contributed by atoms with E-state index in [1.165, 1.54) is 6.92 Å². The standard InChI is InChI=1S/C21H27ClF4N2O5/c1-3-20(18(31)32)14(10-33-8-7-27)28-13(9-23)19(2,17(29)30)16(20)11-5-4-6-12(15(11)22)21(24,25)26/h4-6,13-14,16,28H,3,7-10,27H2,1-2H3,(H,29,30)(H,31,32). The number of carbonyl (C=O) groups is 2. The molecule has 33 heavy (non-hydrogen) atoms. The summed E-state index contributed by atoms with van der Waals surface area (Å²) in [5, 5.41) is 22.5. The lowest BCUT2D eigenvalue weighted by molar-refractivity contribution is -0.175. The van der Waals surface area contributed by atoms with Crippen LogP contribution in [0.1, 0.15) is 37.3 Å². The first-order valence-electron chi connectivity index (χ1n) is 10.3. The number of aliphatic carboxylic acids is 2. The van der Waals surface area contributed by atoms with Gasteiger partial charge in [-0.05, 0) is 25.0 Å². The van der Waals surface area contributed by atoms with Gasteiger partial charge in [0.2, 0.25) is 0 Å². The van der Waals surface area contributed by atoms with E-state index in [-0.39, 0.29) is 31.7 Å². The predicted molar refractivity (Wildman–Crippen MR) is 112 cm³/mol. The average molecular weight is 499 g/mol. The monoisotopic (exact) mass is 498 g/mol. The third-order valence-electron chi connectivity index (χ3n) is 6.65. The molecular weight excluding hydrogens is 472 g/mol. The molecule has 0 aliphatic carbocycles. The van der Waals surface area contributed by atoms with Crippen LogP contribution in [0.15, 0.2) is 18.2 Å². The van der Waals surface area contributed by atoms with Crippen molar-refractivity contribution in [3.63, 3.8) is 0 Å². The maximum absolute atomic E-state index is 14.2. The molecule has 1 fully saturated rings. The Balaban J connectivity index is 2.91. The summed E-state index contributed by atoms with van der Waals surface area (Å²) >= 11 is 6.15. The summed E-state index contributed by atoms with van der Waals surface area (Å²) < 4.78 is 60.3. The molecule has 1 aromatic rings. The summed E-state index contributed by atoms with van der Waals surface area (Å²) in [7, 11) is 0. The first-order chi connectivity index (χ1) is 15.3. The highest BCUT2D eigenvalue weighted by molar-refractivity contribution is 6.32. The van der Waals surface area contributed by atoms with Crippen LogP contribution >= 0.6 is 11.6 Å². The van der Waals surface area contributed by atoms with Gasteiger partial charge in [-0.3, -0.25) is 9.59 Å². The second kappa shape index (κ2) is 10.1. The van der Waals surface area contributed by atoms with Gasteiger partial charge in [0.1, 0.15) is 6.67 Å². The number of hydrogen-bond donors (Lipinski definition) is 4. The van der Waals surface area contributed by atoms with Crippen molar-refractivity contribution < 1.29 is 42.1 Å². The summed E-state index contributed by atoms with van der Waals surface area (Å²) in [6.45, 7) is 1.25. The molecule has 1 heterocycles. The van der Waals surface area contributed by atoms with Crippen LogP contribution in [0.2, 0.25) is 5.02 Å². The van der Waals surface area contributed by atoms with Crippen LogP contribution in [0.4, 0.5) is 17.6 Å². The lowest BCUT2D eigenvalue weighted by atomic mass is 9.51. The molecule has 186 valence electrons. The van der Waals surface area contributed by atoms with Gasteiger partial charge in [-0.1, -0.05) is 30.7 Å². The number of alkyl halides is 4. The smallest absolute Gasteiger partial charge is 0.417 e. The zero-order valence-corrected chi connectivity index (χ0v) is 18.8. The number of benzene rings is 1. The van der Waals surface area contributed by atoms with E-state index in [4.69, 9.17) is 22.1 Å². The van der Waals surface area contributed by atoms with Gasteiger partial charge in [-0.25, -0.2) is 4.39 Å². The highest BCUT2D eigenvalue weighted by Crippen LogP contribution is 2.59. The minimum atomic E-state index is -4.87. The van der Waals surface area contributed by atoms with Gasteiger partial charge in [0.05, 0.1) is 40.7 Å². The van der Waals surface area contributed by atoms with Crippen molar-refractivity contribution in [2.75, 3.05) is 26.4 Å². The number of halogens is 5. The van der Waals surface area contributed by atoms with Crippen LogP contribution in [0.25, 0.3) is 0 Å². The Morgan fingerprint density at radius 3 is 2.33 bits per heavy atom. The second-order valence-corrected chi connectivity index (χ2v) is 8.59. The summed E-state index contributed by atoms with van der Waals surface area (Å²) in [5.74, 6) is -4.67. The minimum absolute atomic E-state index is 0.0447. The quantitative estimate of drug-likeness (QED) is 0.304. The van der Waals surface area contributed by atoms with Crippen molar-refractivity contribution in [3.05, 3.63) is 34.3 Å². The number of piperidine rings is 1. The van der Waals surface area contributed by atoms with E-state index < -0.39 is 64.2 Å². The molecule has 0 radical (unpaired) electrons. The number of nitrogens with one attached hydrogen (secondary N) is 1. The molecular formula is C21H27ClF4N2O5. The predicted octanol–water partition coefficient (Wildman–Crippen LogP) is 3.30. The van der Waals surface area contributed by atoms with E-state index >= 15 is 0 Å². The molecule has 5 atom stereocenters. The molecule has 1 aliphatic rings. The molecule has 5 unspecified atom stereocenters. The summed E-state index contributed by atoms with van der Waals surface area (Å²) in [6, 6.07) is 0.329. The van der Waals surface area contributed by atoms with Gasteiger partial charge in [-0.2, -0.15) is 13.2 Å². The molecule has 5 N–H and O–H groups in total. The molecule has 0 bridgehead atoms.